The van der Waals surface area contributed by atoms with Crippen LogP contribution < -0.4 is 11.1 Å². The second-order valence-corrected chi connectivity index (χ2v) is 9.98. The van der Waals surface area contributed by atoms with Crippen LogP contribution in [0.5, 0.6) is 0 Å². The number of aromatic carboxylic acids is 1. The first-order chi connectivity index (χ1) is 17.3. The second-order valence-electron chi connectivity index (χ2n) is 9.98. The van der Waals surface area contributed by atoms with Crippen LogP contribution in [0.3, 0.4) is 0 Å². The zero-order chi connectivity index (χ0) is 25.4. The predicted molar refractivity (Wildman–Crippen MR) is 141 cm³/mol. The van der Waals surface area contributed by atoms with Gasteiger partial charge >= 0.3 is 12.0 Å². The summed E-state index contributed by atoms with van der Waals surface area (Å²) in [4.78, 5) is 31.7. The van der Waals surface area contributed by atoms with Gasteiger partial charge in [-0.05, 0) is 64.9 Å². The number of carbonyl (C=O) groups is 2. The van der Waals surface area contributed by atoms with E-state index in [2.05, 4.69) is 24.1 Å². The molecule has 4 aromatic rings. The minimum Gasteiger partial charge on any atom is -0.477 e. The number of amides is 2. The van der Waals surface area contributed by atoms with Crippen LogP contribution in [0, 0.1) is 11.8 Å². The van der Waals surface area contributed by atoms with Gasteiger partial charge in [0.1, 0.15) is 11.3 Å². The lowest BCUT2D eigenvalue weighted by Crippen LogP contribution is -2.44. The number of piperidine rings is 1. The van der Waals surface area contributed by atoms with Crippen molar-refractivity contribution in [1.82, 2.24) is 14.5 Å². The quantitative estimate of drug-likeness (QED) is 0.372. The number of benzene rings is 2. The number of carboxylic acid groups (broad SMARTS) is 1. The highest BCUT2D eigenvalue weighted by Gasteiger charge is 2.25. The average Bonchev–Trinajstić information content (AvgIpc) is 3.21. The maximum atomic E-state index is 13.1. The molecule has 2 amide bonds. The number of fused-ring (bicyclic) bond motifs is 2. The molecule has 0 saturated carbocycles. The van der Waals surface area contributed by atoms with Crippen molar-refractivity contribution in [3.05, 3.63) is 71.5 Å². The summed E-state index contributed by atoms with van der Waals surface area (Å²) in [5.41, 5.74) is 8.79. The van der Waals surface area contributed by atoms with Crippen LogP contribution in [-0.4, -0.2) is 44.6 Å². The first-order valence-corrected chi connectivity index (χ1v) is 12.3. The molecule has 8 heteroatoms. The summed E-state index contributed by atoms with van der Waals surface area (Å²) < 4.78 is 1.71. The number of nitrogens with two attached hydrogens (primary N) is 1. The number of anilines is 1. The van der Waals surface area contributed by atoms with Crippen molar-refractivity contribution in [1.29, 1.82) is 0 Å². The lowest BCUT2D eigenvalue weighted by atomic mass is 9.92. The van der Waals surface area contributed by atoms with Gasteiger partial charge in [-0.1, -0.05) is 38.1 Å². The molecule has 0 bridgehead atoms. The van der Waals surface area contributed by atoms with Crippen molar-refractivity contribution >= 4 is 39.5 Å². The van der Waals surface area contributed by atoms with E-state index in [1.165, 1.54) is 0 Å². The lowest BCUT2D eigenvalue weighted by Gasteiger charge is -2.35. The second kappa shape index (κ2) is 9.62. The molecule has 186 valence electrons. The molecule has 1 fully saturated rings. The summed E-state index contributed by atoms with van der Waals surface area (Å²) >= 11 is 0. The minimum atomic E-state index is -1.02. The normalized spacial score (nSPS) is 18.0. The topological polar surface area (TPSA) is 113 Å². The molecule has 0 unspecified atom stereocenters. The number of nitrogens with one attached hydrogen (secondary N) is 1. The fourth-order valence-electron chi connectivity index (χ4n) is 5.41. The predicted octanol–water partition coefficient (Wildman–Crippen LogP) is 4.90. The van der Waals surface area contributed by atoms with Crippen LogP contribution in [0.15, 0.2) is 54.6 Å². The Morgan fingerprint density at radius 1 is 1.06 bits per heavy atom. The summed E-state index contributed by atoms with van der Waals surface area (Å²) in [6, 6.07) is 17.0. The molecule has 2 atom stereocenters. The standard InChI is InChI=1S/C28H31N5O3/c1-17-9-18(2)15-32(14-17)28(36)31-23-10-19-5-3-4-6-24(19)21(11-23)16-33-25(27(34)35)12-20-7-8-22(13-29)30-26(20)33/h3-8,10-12,17-18H,9,13-16,29H2,1-2H3,(H,31,36)(H,34,35)/t17-,18+. The highest BCUT2D eigenvalue weighted by atomic mass is 16.4. The Morgan fingerprint density at radius 3 is 2.53 bits per heavy atom. The number of urea groups is 1. The van der Waals surface area contributed by atoms with Gasteiger partial charge in [-0.15, -0.1) is 0 Å². The van der Waals surface area contributed by atoms with E-state index in [1.807, 2.05) is 53.4 Å². The van der Waals surface area contributed by atoms with E-state index in [0.717, 1.165) is 41.2 Å². The van der Waals surface area contributed by atoms with Crippen LogP contribution in [0.1, 0.15) is 42.0 Å². The van der Waals surface area contributed by atoms with E-state index >= 15 is 0 Å². The third-order valence-electron chi connectivity index (χ3n) is 6.91. The molecule has 1 aliphatic heterocycles. The molecule has 0 aliphatic carbocycles. The van der Waals surface area contributed by atoms with E-state index in [9.17, 15) is 14.7 Å². The number of pyridine rings is 1. The molecule has 4 N–H and O–H groups in total. The van der Waals surface area contributed by atoms with Gasteiger partial charge in [0.05, 0.1) is 12.2 Å². The molecule has 2 aromatic heterocycles. The number of nitrogens with zero attached hydrogens (tertiary/aromatic N) is 3. The molecule has 5 rings (SSSR count). The Balaban J connectivity index is 1.54. The van der Waals surface area contributed by atoms with Crippen molar-refractivity contribution in [2.45, 2.75) is 33.4 Å². The molecule has 0 radical (unpaired) electrons. The Morgan fingerprint density at radius 2 is 1.81 bits per heavy atom. The summed E-state index contributed by atoms with van der Waals surface area (Å²) in [5.74, 6) is -0.0903. The molecule has 1 aliphatic rings. The van der Waals surface area contributed by atoms with Gasteiger partial charge in [0.2, 0.25) is 0 Å². The Bertz CT molecular complexity index is 1450. The maximum absolute atomic E-state index is 13.1. The van der Waals surface area contributed by atoms with Crippen molar-refractivity contribution in [2.24, 2.45) is 17.6 Å². The Hall–Kier alpha value is -3.91. The molecule has 36 heavy (non-hydrogen) atoms. The van der Waals surface area contributed by atoms with Crippen LogP contribution >= 0.6 is 0 Å². The first-order valence-electron chi connectivity index (χ1n) is 12.3. The third kappa shape index (κ3) is 4.64. The van der Waals surface area contributed by atoms with Crippen molar-refractivity contribution < 1.29 is 14.7 Å². The number of hydrogen-bond donors (Lipinski definition) is 3. The molecule has 2 aromatic carbocycles. The van der Waals surface area contributed by atoms with E-state index in [-0.39, 0.29) is 24.8 Å². The van der Waals surface area contributed by atoms with Gasteiger partial charge in [0, 0.05) is 30.7 Å². The molecule has 3 heterocycles. The van der Waals surface area contributed by atoms with E-state index in [0.29, 0.717) is 28.9 Å². The molecular weight excluding hydrogens is 454 g/mol. The maximum Gasteiger partial charge on any atom is 0.352 e. The third-order valence-corrected chi connectivity index (χ3v) is 6.91. The largest absolute Gasteiger partial charge is 0.477 e. The van der Waals surface area contributed by atoms with Gasteiger partial charge in [-0.25, -0.2) is 14.6 Å². The van der Waals surface area contributed by atoms with Gasteiger partial charge in [0.15, 0.2) is 0 Å². The summed E-state index contributed by atoms with van der Waals surface area (Å²) in [7, 11) is 0. The summed E-state index contributed by atoms with van der Waals surface area (Å²) in [5, 5.41) is 15.7. The lowest BCUT2D eigenvalue weighted by molar-refractivity contribution is 0.0686. The molecule has 1 saturated heterocycles. The monoisotopic (exact) mass is 485 g/mol. The van der Waals surface area contributed by atoms with Crippen LogP contribution in [0.4, 0.5) is 10.5 Å². The van der Waals surface area contributed by atoms with E-state index in [1.54, 1.807) is 10.6 Å². The molecular formula is C28H31N5O3. The van der Waals surface area contributed by atoms with E-state index in [4.69, 9.17) is 5.73 Å². The summed E-state index contributed by atoms with van der Waals surface area (Å²) in [6.45, 7) is 6.38. The van der Waals surface area contributed by atoms with E-state index < -0.39 is 5.97 Å². The van der Waals surface area contributed by atoms with Crippen molar-refractivity contribution in [3.63, 3.8) is 0 Å². The molecule has 0 spiro atoms. The summed E-state index contributed by atoms with van der Waals surface area (Å²) in [6.07, 6.45) is 1.13. The smallest absolute Gasteiger partial charge is 0.352 e. The van der Waals surface area contributed by atoms with Gasteiger partial charge in [0.25, 0.3) is 0 Å². The fraction of sp³-hybridized carbons (Fsp3) is 0.321. The SMILES string of the molecule is C[C@@H]1C[C@H](C)CN(C(=O)Nc2cc(Cn3c(C(=O)O)cc4ccc(CN)nc43)c3ccccc3c2)C1. The van der Waals surface area contributed by atoms with Gasteiger partial charge in [-0.2, -0.15) is 0 Å². The van der Waals surface area contributed by atoms with Crippen molar-refractivity contribution in [2.75, 3.05) is 18.4 Å². The van der Waals surface area contributed by atoms with Gasteiger partial charge < -0.3 is 25.6 Å². The Labute approximate surface area is 209 Å². The van der Waals surface area contributed by atoms with Crippen LogP contribution in [0.25, 0.3) is 21.8 Å². The number of carboxylic acids is 1. The Kier molecular flexibility index (Phi) is 6.36. The highest BCUT2D eigenvalue weighted by Crippen LogP contribution is 2.28. The first kappa shape index (κ1) is 23.8. The van der Waals surface area contributed by atoms with Gasteiger partial charge in [-0.3, -0.25) is 0 Å². The number of aromatic nitrogens is 2. The average molecular weight is 486 g/mol. The minimum absolute atomic E-state index is 0.110. The highest BCUT2D eigenvalue weighted by molar-refractivity contribution is 5.96. The van der Waals surface area contributed by atoms with Crippen LogP contribution in [-0.2, 0) is 13.1 Å². The molecule has 8 nitrogen and oxygen atoms in total. The number of likely N-dealkylation sites (tertiary alicyclic amines) is 1. The zero-order valence-corrected chi connectivity index (χ0v) is 20.6. The van der Waals surface area contributed by atoms with Crippen molar-refractivity contribution in [3.8, 4) is 0 Å². The van der Waals surface area contributed by atoms with Crippen LogP contribution in [0.2, 0.25) is 0 Å². The fourth-order valence-corrected chi connectivity index (χ4v) is 5.41. The number of hydrogen-bond acceptors (Lipinski definition) is 4. The number of rotatable bonds is 5. The number of carbonyl (C=O) groups excluding carboxylic acids is 1. The zero-order valence-electron chi connectivity index (χ0n) is 20.6.